The standard InChI is InChI=1S/C21H24BrN3O3S/c22-18-5-3-4-15(11-18)10-16-12-23-13-17(16)14-25(19-8-9-19)29(27,28)21-7-2-1-6-20(21)24-26/h1-7,11,16-17,19,23H,8-10,12-14H2/t16-,17+/m1/s1. The van der Waals surface area contributed by atoms with Crippen molar-refractivity contribution in [3.05, 3.63) is 63.5 Å². The summed E-state index contributed by atoms with van der Waals surface area (Å²) in [7, 11) is -3.77. The van der Waals surface area contributed by atoms with E-state index in [9.17, 15) is 13.3 Å². The third kappa shape index (κ3) is 4.60. The monoisotopic (exact) mass is 477 g/mol. The molecule has 1 aliphatic heterocycles. The van der Waals surface area contributed by atoms with Crippen molar-refractivity contribution in [3.8, 4) is 0 Å². The Hall–Kier alpha value is -1.61. The maximum Gasteiger partial charge on any atom is 0.245 e. The van der Waals surface area contributed by atoms with E-state index in [4.69, 9.17) is 0 Å². The van der Waals surface area contributed by atoms with Crippen LogP contribution in [0.2, 0.25) is 0 Å². The van der Waals surface area contributed by atoms with E-state index < -0.39 is 10.0 Å². The van der Waals surface area contributed by atoms with E-state index in [-0.39, 0.29) is 22.5 Å². The van der Waals surface area contributed by atoms with Crippen LogP contribution in [0.25, 0.3) is 0 Å². The molecule has 0 amide bonds. The molecule has 1 saturated carbocycles. The Kier molecular flexibility index (Phi) is 6.15. The van der Waals surface area contributed by atoms with E-state index in [2.05, 4.69) is 38.6 Å². The van der Waals surface area contributed by atoms with Crippen LogP contribution in [-0.4, -0.2) is 38.4 Å². The molecule has 1 aliphatic carbocycles. The van der Waals surface area contributed by atoms with Gasteiger partial charge in [-0.3, -0.25) is 0 Å². The summed E-state index contributed by atoms with van der Waals surface area (Å²) in [4.78, 5) is 11.2. The van der Waals surface area contributed by atoms with Gasteiger partial charge >= 0.3 is 0 Å². The summed E-state index contributed by atoms with van der Waals surface area (Å²) in [5.41, 5.74) is 1.22. The zero-order chi connectivity index (χ0) is 20.4. The highest BCUT2D eigenvalue weighted by molar-refractivity contribution is 9.10. The fraction of sp³-hybridized carbons (Fsp3) is 0.429. The summed E-state index contributed by atoms with van der Waals surface area (Å²) >= 11 is 3.52. The molecule has 0 bridgehead atoms. The molecule has 6 nitrogen and oxygen atoms in total. The van der Waals surface area contributed by atoms with Crippen LogP contribution in [0, 0.1) is 16.7 Å². The normalized spacial score (nSPS) is 22.1. The van der Waals surface area contributed by atoms with Gasteiger partial charge in [0, 0.05) is 17.1 Å². The smallest absolute Gasteiger partial charge is 0.245 e. The third-order valence-corrected chi connectivity index (χ3v) is 8.24. The molecular formula is C21H24BrN3O3S. The zero-order valence-corrected chi connectivity index (χ0v) is 18.4. The van der Waals surface area contributed by atoms with Crippen molar-refractivity contribution in [1.29, 1.82) is 0 Å². The fourth-order valence-electron chi connectivity index (χ4n) is 4.12. The van der Waals surface area contributed by atoms with Gasteiger partial charge in [0.05, 0.1) is 0 Å². The molecule has 1 saturated heterocycles. The molecule has 8 heteroatoms. The molecule has 1 heterocycles. The Labute approximate surface area is 179 Å². The minimum absolute atomic E-state index is 0.0106. The van der Waals surface area contributed by atoms with Gasteiger partial charge in [-0.25, -0.2) is 8.42 Å². The second-order valence-corrected chi connectivity index (χ2v) is 10.7. The van der Waals surface area contributed by atoms with Gasteiger partial charge < -0.3 is 5.32 Å². The molecular weight excluding hydrogens is 454 g/mol. The lowest BCUT2D eigenvalue weighted by Crippen LogP contribution is -2.39. The van der Waals surface area contributed by atoms with Crippen molar-refractivity contribution in [2.24, 2.45) is 17.0 Å². The molecule has 154 valence electrons. The van der Waals surface area contributed by atoms with Crippen molar-refractivity contribution in [3.63, 3.8) is 0 Å². The number of sulfonamides is 1. The van der Waals surface area contributed by atoms with E-state index >= 15 is 0 Å². The first-order valence-electron chi connectivity index (χ1n) is 9.88. The molecule has 0 aromatic heterocycles. The number of nitrogens with one attached hydrogen (secondary N) is 1. The van der Waals surface area contributed by atoms with Crippen molar-refractivity contribution in [2.45, 2.75) is 30.2 Å². The molecule has 0 radical (unpaired) electrons. The summed E-state index contributed by atoms with van der Waals surface area (Å²) in [5.74, 6) is 0.584. The number of hydrogen-bond donors (Lipinski definition) is 1. The summed E-state index contributed by atoms with van der Waals surface area (Å²) in [6, 6.07) is 14.5. The molecule has 0 unspecified atom stereocenters. The maximum absolute atomic E-state index is 13.4. The molecule has 2 aromatic rings. The van der Waals surface area contributed by atoms with Crippen molar-refractivity contribution in [1.82, 2.24) is 9.62 Å². The van der Waals surface area contributed by atoms with Gasteiger partial charge in [0.25, 0.3) is 0 Å². The quantitative estimate of drug-likeness (QED) is 0.580. The minimum Gasteiger partial charge on any atom is -0.316 e. The van der Waals surface area contributed by atoms with Crippen molar-refractivity contribution >= 4 is 31.6 Å². The van der Waals surface area contributed by atoms with Gasteiger partial charge in [-0.05, 0) is 79.2 Å². The first-order chi connectivity index (χ1) is 14.0. The average Bonchev–Trinajstić information content (AvgIpc) is 3.46. The van der Waals surface area contributed by atoms with Gasteiger partial charge in [0.2, 0.25) is 10.0 Å². The highest BCUT2D eigenvalue weighted by Crippen LogP contribution is 2.37. The van der Waals surface area contributed by atoms with E-state index in [1.54, 1.807) is 16.4 Å². The van der Waals surface area contributed by atoms with Crippen LogP contribution in [0.4, 0.5) is 5.69 Å². The Balaban J connectivity index is 1.56. The Morgan fingerprint density at radius 1 is 1.07 bits per heavy atom. The zero-order valence-electron chi connectivity index (χ0n) is 16.0. The highest BCUT2D eigenvalue weighted by Gasteiger charge is 2.42. The Morgan fingerprint density at radius 3 is 2.55 bits per heavy atom. The molecule has 4 rings (SSSR count). The van der Waals surface area contributed by atoms with Crippen LogP contribution in [0.15, 0.2) is 63.1 Å². The van der Waals surface area contributed by atoms with Gasteiger partial charge in [-0.15, -0.1) is 4.91 Å². The van der Waals surface area contributed by atoms with E-state index in [0.29, 0.717) is 12.5 Å². The van der Waals surface area contributed by atoms with Crippen LogP contribution in [0.1, 0.15) is 18.4 Å². The topological polar surface area (TPSA) is 78.8 Å². The first kappa shape index (κ1) is 20.7. The summed E-state index contributed by atoms with van der Waals surface area (Å²) in [6.45, 7) is 2.14. The lowest BCUT2D eigenvalue weighted by molar-refractivity contribution is 0.300. The predicted molar refractivity (Wildman–Crippen MR) is 117 cm³/mol. The minimum atomic E-state index is -3.77. The maximum atomic E-state index is 13.4. The van der Waals surface area contributed by atoms with Gasteiger partial charge in [0.1, 0.15) is 10.6 Å². The second-order valence-electron chi connectivity index (χ2n) is 7.88. The molecule has 2 aromatic carbocycles. The number of rotatable bonds is 8. The summed E-state index contributed by atoms with van der Waals surface area (Å²) in [6.07, 6.45) is 2.64. The lowest BCUT2D eigenvalue weighted by atomic mass is 9.89. The van der Waals surface area contributed by atoms with Crippen LogP contribution in [0.5, 0.6) is 0 Å². The third-order valence-electron chi connectivity index (χ3n) is 5.79. The largest absolute Gasteiger partial charge is 0.316 e. The Bertz CT molecular complexity index is 994. The Morgan fingerprint density at radius 2 is 1.83 bits per heavy atom. The van der Waals surface area contributed by atoms with Gasteiger partial charge in [-0.2, -0.15) is 4.31 Å². The lowest BCUT2D eigenvalue weighted by Gasteiger charge is -2.28. The molecule has 2 aliphatic rings. The van der Waals surface area contributed by atoms with Crippen molar-refractivity contribution < 1.29 is 8.42 Å². The number of hydrogen-bond acceptors (Lipinski definition) is 5. The summed E-state index contributed by atoms with van der Waals surface area (Å²) in [5, 5.41) is 6.37. The van der Waals surface area contributed by atoms with E-state index in [1.165, 1.54) is 17.7 Å². The number of halogens is 1. The molecule has 0 spiro atoms. The van der Waals surface area contributed by atoms with Gasteiger partial charge in [0.15, 0.2) is 0 Å². The van der Waals surface area contributed by atoms with E-state index in [1.807, 2.05) is 12.1 Å². The molecule has 2 fully saturated rings. The number of nitroso groups, excluding NO2 is 1. The predicted octanol–water partition coefficient (Wildman–Crippen LogP) is 4.08. The SMILES string of the molecule is O=Nc1ccccc1S(=O)(=O)N(C[C@@H]1CNC[C@H]1Cc1cccc(Br)c1)C1CC1. The molecule has 29 heavy (non-hydrogen) atoms. The average molecular weight is 478 g/mol. The first-order valence-corrected chi connectivity index (χ1v) is 12.1. The molecule has 2 atom stereocenters. The number of nitrogens with zero attached hydrogens (tertiary/aromatic N) is 2. The van der Waals surface area contributed by atoms with Crippen LogP contribution in [-0.2, 0) is 16.4 Å². The van der Waals surface area contributed by atoms with E-state index in [0.717, 1.165) is 36.8 Å². The number of benzene rings is 2. The van der Waals surface area contributed by atoms with Crippen LogP contribution >= 0.6 is 15.9 Å². The summed E-state index contributed by atoms with van der Waals surface area (Å²) < 4.78 is 29.4. The fourth-order valence-corrected chi connectivity index (χ4v) is 6.43. The van der Waals surface area contributed by atoms with Crippen LogP contribution < -0.4 is 5.32 Å². The second kappa shape index (κ2) is 8.63. The molecule has 1 N–H and O–H groups in total. The van der Waals surface area contributed by atoms with Crippen LogP contribution in [0.3, 0.4) is 0 Å². The highest BCUT2D eigenvalue weighted by atomic mass is 79.9. The van der Waals surface area contributed by atoms with Gasteiger partial charge in [-0.1, -0.05) is 40.2 Å². The van der Waals surface area contributed by atoms with Crippen molar-refractivity contribution in [2.75, 3.05) is 19.6 Å².